The molecule has 9 heteroatoms. The number of aromatic nitrogens is 2. The lowest BCUT2D eigenvalue weighted by atomic mass is 9.48. The van der Waals surface area contributed by atoms with Crippen LogP contribution >= 0.6 is 0 Å². The minimum atomic E-state index is -4.52. The molecule has 1 aromatic carbocycles. The maximum absolute atomic E-state index is 13.2. The van der Waals surface area contributed by atoms with Crippen molar-refractivity contribution in [1.82, 2.24) is 14.9 Å². The first-order valence-electron chi connectivity index (χ1n) is 12.8. The van der Waals surface area contributed by atoms with E-state index in [4.69, 9.17) is 0 Å². The van der Waals surface area contributed by atoms with Gasteiger partial charge in [0.2, 0.25) is 5.91 Å². The third-order valence-corrected chi connectivity index (χ3v) is 8.49. The predicted octanol–water partition coefficient (Wildman–Crippen LogP) is 5.55. The number of hydrogen-bond donors (Lipinski definition) is 1. The van der Waals surface area contributed by atoms with Gasteiger partial charge in [0.15, 0.2) is 0 Å². The Hall–Kier alpha value is -3.23. The molecule has 5 aliphatic rings. The van der Waals surface area contributed by atoms with E-state index in [1.54, 1.807) is 0 Å². The minimum absolute atomic E-state index is 0.0137. The monoisotopic (exact) mass is 510 g/mol. The topological polar surface area (TPSA) is 75.2 Å². The molecule has 0 radical (unpaired) electrons. The van der Waals surface area contributed by atoms with E-state index in [0.29, 0.717) is 36.8 Å². The number of amides is 2. The van der Waals surface area contributed by atoms with Crippen molar-refractivity contribution in [3.63, 3.8) is 0 Å². The van der Waals surface area contributed by atoms with Crippen LogP contribution < -0.4 is 5.32 Å². The first kappa shape index (κ1) is 24.1. The van der Waals surface area contributed by atoms with Crippen LogP contribution in [0.5, 0.6) is 0 Å². The molecule has 1 aliphatic heterocycles. The first-order chi connectivity index (χ1) is 17.5. The summed E-state index contributed by atoms with van der Waals surface area (Å²) in [5, 5.41) is 3.02. The van der Waals surface area contributed by atoms with Crippen LogP contribution in [0, 0.1) is 16.7 Å². The molecule has 2 fully saturated rings. The second-order valence-electron chi connectivity index (χ2n) is 11.7. The summed E-state index contributed by atoms with van der Waals surface area (Å²) in [5.41, 5.74) is 2.25. The van der Waals surface area contributed by atoms with Crippen LogP contribution in [0.25, 0.3) is 0 Å². The summed E-state index contributed by atoms with van der Waals surface area (Å²) in [7, 11) is 0. The Morgan fingerprint density at radius 3 is 2.81 bits per heavy atom. The average molecular weight is 511 g/mol. The molecule has 2 amide bonds. The molecule has 3 unspecified atom stereocenters. The zero-order valence-electron chi connectivity index (χ0n) is 20.7. The van der Waals surface area contributed by atoms with Crippen LogP contribution in [0.4, 0.5) is 19.0 Å². The fourth-order valence-electron chi connectivity index (χ4n) is 7.62. The first-order valence-corrected chi connectivity index (χ1v) is 12.8. The lowest BCUT2D eigenvalue weighted by Crippen LogP contribution is -2.47. The highest BCUT2D eigenvalue weighted by atomic mass is 19.4. The summed E-state index contributed by atoms with van der Waals surface area (Å²) in [6, 6.07) is 4.46. The van der Waals surface area contributed by atoms with Crippen molar-refractivity contribution in [2.75, 3.05) is 11.9 Å². The highest BCUT2D eigenvalue weighted by molar-refractivity contribution is 5.95. The number of alkyl halides is 3. The standard InChI is InChI=1S/C28H29F3N4O2/c1-26-9-17-7-18(10-26)12-27(11-17,15-26)13-23(36)34-24-21-5-6-35(14-22(21)32-16-33-24)25(37)19-3-2-4-20(8-19)28(29,30)31/h2-4,8-9,16,18H,5-7,10-15H2,1H3,(H,32,33,34,36). The van der Waals surface area contributed by atoms with Gasteiger partial charge in [0, 0.05) is 24.1 Å². The van der Waals surface area contributed by atoms with Gasteiger partial charge in [0.05, 0.1) is 17.8 Å². The van der Waals surface area contributed by atoms with E-state index in [-0.39, 0.29) is 28.8 Å². The van der Waals surface area contributed by atoms with Gasteiger partial charge in [-0.05, 0) is 73.5 Å². The molecule has 2 saturated carbocycles. The third kappa shape index (κ3) is 4.53. The van der Waals surface area contributed by atoms with E-state index in [1.165, 1.54) is 41.8 Å². The van der Waals surface area contributed by atoms with Crippen molar-refractivity contribution < 1.29 is 22.8 Å². The van der Waals surface area contributed by atoms with E-state index in [0.717, 1.165) is 37.0 Å². The highest BCUT2D eigenvalue weighted by Crippen LogP contribution is 2.63. The predicted molar refractivity (Wildman–Crippen MR) is 130 cm³/mol. The number of carbonyl (C=O) groups is 2. The van der Waals surface area contributed by atoms with E-state index in [2.05, 4.69) is 28.3 Å². The quantitative estimate of drug-likeness (QED) is 0.548. The molecule has 0 saturated heterocycles. The number of fused-ring (bicyclic) bond motifs is 1. The fraction of sp³-hybridized carbons (Fsp3) is 0.500. The molecule has 6 nitrogen and oxygen atoms in total. The van der Waals surface area contributed by atoms with E-state index in [9.17, 15) is 22.8 Å². The van der Waals surface area contributed by atoms with Crippen LogP contribution in [0.2, 0.25) is 0 Å². The van der Waals surface area contributed by atoms with E-state index in [1.807, 2.05) is 0 Å². The molecule has 2 aromatic rings. The number of carbonyl (C=O) groups excluding carboxylic acids is 2. The molecule has 2 heterocycles. The second kappa shape index (κ2) is 8.39. The van der Waals surface area contributed by atoms with Gasteiger partial charge in [-0.15, -0.1) is 0 Å². The highest BCUT2D eigenvalue weighted by Gasteiger charge is 2.52. The molecule has 7 rings (SSSR count). The van der Waals surface area contributed by atoms with Crippen LogP contribution in [0.1, 0.15) is 72.6 Å². The molecule has 3 atom stereocenters. The van der Waals surface area contributed by atoms with Crippen LogP contribution in [0.3, 0.4) is 0 Å². The zero-order valence-corrected chi connectivity index (χ0v) is 20.7. The molecule has 0 spiro atoms. The summed E-state index contributed by atoms with van der Waals surface area (Å²) in [6.07, 6.45) is 5.71. The van der Waals surface area contributed by atoms with Crippen molar-refractivity contribution in [2.24, 2.45) is 16.7 Å². The third-order valence-electron chi connectivity index (χ3n) is 8.49. The van der Waals surface area contributed by atoms with Gasteiger partial charge in [-0.25, -0.2) is 9.97 Å². The molecule has 4 aliphatic carbocycles. The van der Waals surface area contributed by atoms with Gasteiger partial charge in [0.25, 0.3) is 5.91 Å². The van der Waals surface area contributed by atoms with Crippen molar-refractivity contribution >= 4 is 17.6 Å². The Balaban J connectivity index is 1.15. The molecule has 37 heavy (non-hydrogen) atoms. The second-order valence-corrected chi connectivity index (χ2v) is 11.7. The van der Waals surface area contributed by atoms with Gasteiger partial charge >= 0.3 is 6.18 Å². The number of rotatable bonds is 4. The summed E-state index contributed by atoms with van der Waals surface area (Å²) < 4.78 is 39.3. The zero-order chi connectivity index (χ0) is 26.0. The van der Waals surface area contributed by atoms with Crippen LogP contribution in [0.15, 0.2) is 42.2 Å². The van der Waals surface area contributed by atoms with Crippen molar-refractivity contribution in [1.29, 1.82) is 0 Å². The van der Waals surface area contributed by atoms with E-state index >= 15 is 0 Å². The lowest BCUT2D eigenvalue weighted by molar-refractivity contribution is -0.137. The van der Waals surface area contributed by atoms with Crippen molar-refractivity contribution in [2.45, 2.75) is 64.6 Å². The normalized spacial score (nSPS) is 28.1. The van der Waals surface area contributed by atoms with Crippen molar-refractivity contribution in [3.8, 4) is 0 Å². The Labute approximate surface area is 213 Å². The van der Waals surface area contributed by atoms with Gasteiger partial charge in [-0.2, -0.15) is 13.2 Å². The maximum Gasteiger partial charge on any atom is 0.416 e. The Bertz CT molecular complexity index is 1320. The van der Waals surface area contributed by atoms with E-state index < -0.39 is 17.6 Å². The van der Waals surface area contributed by atoms with Gasteiger partial charge in [0.1, 0.15) is 12.1 Å². The summed E-state index contributed by atoms with van der Waals surface area (Å²) >= 11 is 0. The molecule has 1 aromatic heterocycles. The average Bonchev–Trinajstić information content (AvgIpc) is 2.81. The summed E-state index contributed by atoms with van der Waals surface area (Å²) in [6.45, 7) is 2.77. The largest absolute Gasteiger partial charge is 0.416 e. The Kier molecular flexibility index (Phi) is 5.47. The number of hydrogen-bond acceptors (Lipinski definition) is 4. The summed E-state index contributed by atoms with van der Waals surface area (Å²) in [5.74, 6) is 0.615. The number of nitrogens with zero attached hydrogens (tertiary/aromatic N) is 3. The minimum Gasteiger partial charge on any atom is -0.332 e. The molecule has 4 bridgehead atoms. The number of anilines is 1. The molecule has 1 N–H and O–H groups in total. The summed E-state index contributed by atoms with van der Waals surface area (Å²) in [4.78, 5) is 36.3. The lowest BCUT2D eigenvalue weighted by Gasteiger charge is -2.57. The SMILES string of the molecule is CC12C=C3CC(C1)CC(CC(=O)Nc1ncnc4c1CCN(C(=O)c1cccc(C(F)(F)F)c1)C4)(C3)C2. The Morgan fingerprint density at radius 1 is 1.22 bits per heavy atom. The maximum atomic E-state index is 13.2. The number of nitrogens with one attached hydrogen (secondary N) is 1. The molecule has 194 valence electrons. The smallest absolute Gasteiger partial charge is 0.332 e. The van der Waals surface area contributed by atoms with Gasteiger partial charge in [-0.3, -0.25) is 9.59 Å². The fourth-order valence-corrected chi connectivity index (χ4v) is 7.62. The number of halogens is 3. The van der Waals surface area contributed by atoms with Crippen LogP contribution in [-0.4, -0.2) is 33.2 Å². The molecular weight excluding hydrogens is 481 g/mol. The van der Waals surface area contributed by atoms with Crippen molar-refractivity contribution in [3.05, 3.63) is 64.6 Å². The number of benzene rings is 1. The van der Waals surface area contributed by atoms with Gasteiger partial charge in [-0.1, -0.05) is 24.6 Å². The van der Waals surface area contributed by atoms with Crippen LogP contribution in [-0.2, 0) is 23.9 Å². The number of allylic oxidation sites excluding steroid dienone is 2. The Morgan fingerprint density at radius 2 is 2.05 bits per heavy atom. The molecular formula is C28H29F3N4O2. The van der Waals surface area contributed by atoms with Gasteiger partial charge < -0.3 is 10.2 Å².